The van der Waals surface area contributed by atoms with E-state index in [1.54, 1.807) is 12.4 Å². The van der Waals surface area contributed by atoms with Crippen LogP contribution in [0, 0.1) is 0 Å². The molecule has 1 heterocycles. The van der Waals surface area contributed by atoms with Gasteiger partial charge in [0.15, 0.2) is 0 Å². The molecule has 90 valence electrons. The molecule has 0 radical (unpaired) electrons. The van der Waals surface area contributed by atoms with Gasteiger partial charge in [-0.1, -0.05) is 11.6 Å². The Balaban J connectivity index is 2.56. The van der Waals surface area contributed by atoms with E-state index in [1.807, 2.05) is 6.07 Å². The van der Waals surface area contributed by atoms with Crippen LogP contribution in [0.15, 0.2) is 18.5 Å². The van der Waals surface area contributed by atoms with Crippen LogP contribution in [0.3, 0.4) is 0 Å². The van der Waals surface area contributed by atoms with Crippen molar-refractivity contribution in [1.82, 2.24) is 9.88 Å². The van der Waals surface area contributed by atoms with E-state index < -0.39 is 0 Å². The number of aliphatic hydroxyl groups is 2. The summed E-state index contributed by atoms with van der Waals surface area (Å²) in [5.41, 5.74) is 0.989. The molecule has 0 aliphatic carbocycles. The number of aliphatic hydroxyl groups excluding tert-OH is 2. The first-order valence-electron chi connectivity index (χ1n) is 5.30. The Bertz CT molecular complexity index is 310. The number of pyridine rings is 1. The first-order chi connectivity index (χ1) is 7.77. The molecule has 16 heavy (non-hydrogen) atoms. The minimum absolute atomic E-state index is 0.105. The largest absolute Gasteiger partial charge is 0.396 e. The van der Waals surface area contributed by atoms with Gasteiger partial charge in [-0.05, 0) is 18.1 Å². The van der Waals surface area contributed by atoms with Gasteiger partial charge in [0.05, 0.1) is 11.6 Å². The fourth-order valence-electron chi connectivity index (χ4n) is 1.48. The summed E-state index contributed by atoms with van der Waals surface area (Å²) in [4.78, 5) is 5.97. The highest BCUT2D eigenvalue weighted by atomic mass is 35.5. The predicted molar refractivity (Wildman–Crippen MR) is 63.3 cm³/mol. The molecule has 0 atom stereocenters. The third kappa shape index (κ3) is 4.45. The molecule has 0 aromatic carbocycles. The number of rotatable bonds is 7. The van der Waals surface area contributed by atoms with Crippen molar-refractivity contribution in [2.24, 2.45) is 0 Å². The SMILES string of the molecule is OCCCN(CCO)Cc1ccncc1Cl. The molecule has 0 aliphatic heterocycles. The first-order valence-corrected chi connectivity index (χ1v) is 5.68. The molecular weight excluding hydrogens is 228 g/mol. The minimum atomic E-state index is 0.105. The monoisotopic (exact) mass is 244 g/mol. The second-order valence-electron chi connectivity index (χ2n) is 3.54. The predicted octanol–water partition coefficient (Wildman–Crippen LogP) is 0.912. The van der Waals surface area contributed by atoms with E-state index in [0.29, 0.717) is 24.5 Å². The van der Waals surface area contributed by atoms with Crippen molar-refractivity contribution in [3.63, 3.8) is 0 Å². The normalized spacial score (nSPS) is 11.0. The third-order valence-corrected chi connectivity index (χ3v) is 2.64. The molecule has 1 rings (SSSR count). The lowest BCUT2D eigenvalue weighted by Crippen LogP contribution is -2.28. The summed E-state index contributed by atoms with van der Waals surface area (Å²) in [7, 11) is 0. The summed E-state index contributed by atoms with van der Waals surface area (Å²) in [5.74, 6) is 0. The van der Waals surface area contributed by atoms with Crippen molar-refractivity contribution < 1.29 is 10.2 Å². The molecule has 0 bridgehead atoms. The van der Waals surface area contributed by atoms with Crippen molar-refractivity contribution >= 4 is 11.6 Å². The Morgan fingerprint density at radius 3 is 2.69 bits per heavy atom. The third-order valence-electron chi connectivity index (χ3n) is 2.30. The van der Waals surface area contributed by atoms with Crippen LogP contribution in [0.25, 0.3) is 0 Å². The molecule has 0 amide bonds. The summed E-state index contributed by atoms with van der Waals surface area (Å²) < 4.78 is 0. The maximum Gasteiger partial charge on any atom is 0.0634 e. The van der Waals surface area contributed by atoms with Gasteiger partial charge in [-0.3, -0.25) is 9.88 Å². The molecule has 0 spiro atoms. The highest BCUT2D eigenvalue weighted by Gasteiger charge is 2.07. The van der Waals surface area contributed by atoms with Crippen molar-refractivity contribution in [3.05, 3.63) is 29.0 Å². The average Bonchev–Trinajstić information content (AvgIpc) is 2.29. The minimum Gasteiger partial charge on any atom is -0.396 e. The molecule has 0 aliphatic rings. The van der Waals surface area contributed by atoms with Gasteiger partial charge in [0.2, 0.25) is 0 Å². The summed E-state index contributed by atoms with van der Waals surface area (Å²) in [5, 5.41) is 18.3. The van der Waals surface area contributed by atoms with Crippen LogP contribution < -0.4 is 0 Å². The molecule has 0 saturated heterocycles. The highest BCUT2D eigenvalue weighted by molar-refractivity contribution is 6.31. The fraction of sp³-hybridized carbons (Fsp3) is 0.545. The Morgan fingerprint density at radius 1 is 1.25 bits per heavy atom. The number of hydrogen-bond acceptors (Lipinski definition) is 4. The van der Waals surface area contributed by atoms with Gasteiger partial charge in [-0.15, -0.1) is 0 Å². The van der Waals surface area contributed by atoms with Gasteiger partial charge in [-0.25, -0.2) is 0 Å². The Morgan fingerprint density at radius 2 is 2.06 bits per heavy atom. The maximum absolute atomic E-state index is 8.93. The van der Waals surface area contributed by atoms with E-state index in [4.69, 9.17) is 21.8 Å². The number of nitrogens with zero attached hydrogens (tertiary/aromatic N) is 2. The van der Waals surface area contributed by atoms with Crippen molar-refractivity contribution in [2.75, 3.05) is 26.3 Å². The van der Waals surface area contributed by atoms with Crippen LogP contribution in [-0.2, 0) is 6.54 Å². The maximum atomic E-state index is 8.93. The average molecular weight is 245 g/mol. The van der Waals surface area contributed by atoms with Gasteiger partial charge in [0.1, 0.15) is 0 Å². The lowest BCUT2D eigenvalue weighted by Gasteiger charge is -2.21. The standard InChI is InChI=1S/C11H17ClN2O2/c12-11-8-13-3-2-10(11)9-14(5-7-16)4-1-6-15/h2-3,8,15-16H,1,4-7,9H2. The summed E-state index contributed by atoms with van der Waals surface area (Å²) >= 11 is 6.00. The van der Waals surface area contributed by atoms with Crippen LogP contribution in [0.4, 0.5) is 0 Å². The molecule has 0 unspecified atom stereocenters. The van der Waals surface area contributed by atoms with Crippen LogP contribution in [0.1, 0.15) is 12.0 Å². The van der Waals surface area contributed by atoms with Crippen molar-refractivity contribution in [1.29, 1.82) is 0 Å². The van der Waals surface area contributed by atoms with Gasteiger partial charge in [0, 0.05) is 38.6 Å². The fourth-order valence-corrected chi connectivity index (χ4v) is 1.66. The summed E-state index contributed by atoms with van der Waals surface area (Å²) in [6.45, 7) is 2.26. The molecule has 2 N–H and O–H groups in total. The van der Waals surface area contributed by atoms with Crippen molar-refractivity contribution in [2.45, 2.75) is 13.0 Å². The Labute approximate surface area is 100 Å². The van der Waals surface area contributed by atoms with Gasteiger partial charge in [0.25, 0.3) is 0 Å². The van der Waals surface area contributed by atoms with Crippen molar-refractivity contribution in [3.8, 4) is 0 Å². The summed E-state index contributed by atoms with van der Waals surface area (Å²) in [6, 6.07) is 1.87. The van der Waals surface area contributed by atoms with Crippen LogP contribution in [0.5, 0.6) is 0 Å². The lowest BCUT2D eigenvalue weighted by molar-refractivity contribution is 0.174. The van der Waals surface area contributed by atoms with E-state index in [2.05, 4.69) is 9.88 Å². The molecular formula is C11H17ClN2O2. The molecule has 5 heteroatoms. The van der Waals surface area contributed by atoms with Gasteiger partial charge < -0.3 is 10.2 Å². The second-order valence-corrected chi connectivity index (χ2v) is 3.95. The first kappa shape index (κ1) is 13.4. The van der Waals surface area contributed by atoms with E-state index in [0.717, 1.165) is 12.1 Å². The van der Waals surface area contributed by atoms with E-state index >= 15 is 0 Å². The van der Waals surface area contributed by atoms with Crippen LogP contribution >= 0.6 is 11.6 Å². The van der Waals surface area contributed by atoms with E-state index in [1.165, 1.54) is 0 Å². The quantitative estimate of drug-likeness (QED) is 0.749. The smallest absolute Gasteiger partial charge is 0.0634 e. The van der Waals surface area contributed by atoms with Gasteiger partial charge >= 0.3 is 0 Å². The molecule has 1 aromatic rings. The summed E-state index contributed by atoms with van der Waals surface area (Å²) in [6.07, 6.45) is 4.01. The second kappa shape index (κ2) is 7.57. The Hall–Kier alpha value is -0.680. The zero-order valence-electron chi connectivity index (χ0n) is 9.14. The highest BCUT2D eigenvalue weighted by Crippen LogP contribution is 2.15. The Kier molecular flexibility index (Phi) is 6.33. The van der Waals surface area contributed by atoms with Gasteiger partial charge in [-0.2, -0.15) is 0 Å². The number of hydrogen-bond donors (Lipinski definition) is 2. The van der Waals surface area contributed by atoms with Crippen LogP contribution in [-0.4, -0.2) is 46.4 Å². The molecule has 1 aromatic heterocycles. The lowest BCUT2D eigenvalue weighted by atomic mass is 10.2. The van der Waals surface area contributed by atoms with E-state index in [9.17, 15) is 0 Å². The van der Waals surface area contributed by atoms with E-state index in [-0.39, 0.29) is 13.2 Å². The topological polar surface area (TPSA) is 56.6 Å². The molecule has 0 fully saturated rings. The zero-order valence-corrected chi connectivity index (χ0v) is 9.90. The number of aromatic nitrogens is 1. The van der Waals surface area contributed by atoms with Crippen LogP contribution in [0.2, 0.25) is 5.02 Å². The molecule has 0 saturated carbocycles. The molecule has 4 nitrogen and oxygen atoms in total. The number of halogens is 1. The zero-order chi connectivity index (χ0) is 11.8.